The van der Waals surface area contributed by atoms with Gasteiger partial charge in [0.05, 0.1) is 56.2 Å². The van der Waals surface area contributed by atoms with E-state index in [2.05, 4.69) is 52.4 Å². The Morgan fingerprint density at radius 1 is 0.897 bits per heavy atom. The lowest BCUT2D eigenvalue weighted by atomic mass is 9.99. The van der Waals surface area contributed by atoms with Crippen LogP contribution in [-0.2, 0) is 11.3 Å². The van der Waals surface area contributed by atoms with E-state index in [-0.39, 0.29) is 31.2 Å². The Hall–Kier alpha value is -5.92. The number of anilines is 4. The number of nitrogen functional groups attached to an aromatic ring is 1. The first kappa shape index (κ1) is 46.5. The number of aldehydes is 1. The minimum Gasteiger partial charge on any atom is -0.497 e. The molecule has 0 aliphatic rings. The fourth-order valence-corrected chi connectivity index (χ4v) is 5.16. The normalized spacial score (nSPS) is 12.3. The second-order valence-electron chi connectivity index (χ2n) is 13.7. The number of hydrogen-bond donors (Lipinski definition) is 7. The molecule has 0 fully saturated rings. The number of carbonyl (C=O) groups is 1. The molecular weight excluding hydrogens is 761 g/mol. The van der Waals surface area contributed by atoms with Gasteiger partial charge in [-0.3, -0.25) is 14.8 Å². The van der Waals surface area contributed by atoms with Crippen molar-refractivity contribution in [3.8, 4) is 11.5 Å². The maximum Gasteiger partial charge on any atom is 0.446 e. The molecule has 4 heterocycles. The molecule has 5 aromatic rings. The molecule has 8 N–H and O–H groups in total. The number of aromatic nitrogens is 6. The molecule has 314 valence electrons. The number of nitrogens with zero attached hydrogens (tertiary/aromatic N) is 6. The van der Waals surface area contributed by atoms with Crippen LogP contribution in [0.25, 0.3) is 22.1 Å². The van der Waals surface area contributed by atoms with Crippen molar-refractivity contribution in [2.75, 3.05) is 49.1 Å². The zero-order chi connectivity index (χ0) is 42.9. The summed E-state index contributed by atoms with van der Waals surface area (Å²) >= 11 is 0. The maximum absolute atomic E-state index is 10.4. The van der Waals surface area contributed by atoms with E-state index in [1.165, 1.54) is 0 Å². The average Bonchev–Trinajstić information content (AvgIpc) is 3.19. The number of fused-ring (bicyclic) bond motifs is 2. The number of carbonyl (C=O) groups excluding carboxylic acids is 1. The molecule has 0 aliphatic heterocycles. The highest BCUT2D eigenvalue weighted by atomic mass is 19.4. The van der Waals surface area contributed by atoms with Crippen molar-refractivity contribution >= 4 is 51.9 Å². The van der Waals surface area contributed by atoms with Crippen LogP contribution in [0.2, 0.25) is 0 Å². The zero-order valence-corrected chi connectivity index (χ0v) is 33.0. The molecule has 0 aliphatic carbocycles. The molecular formula is C39H51F3N10O6. The number of pyridine rings is 2. The number of allylic oxidation sites excluding steroid dienone is 1. The molecule has 0 amide bonds. The van der Waals surface area contributed by atoms with Crippen molar-refractivity contribution in [1.82, 2.24) is 29.9 Å². The zero-order valence-electron chi connectivity index (χ0n) is 33.0. The smallest absolute Gasteiger partial charge is 0.446 e. The van der Waals surface area contributed by atoms with Crippen molar-refractivity contribution < 1.29 is 42.8 Å². The standard InChI is InChI=1S/C23H29N5O3.C14H21N5O2.C2HF3O/c1-15(2)7-9-17(14-29)26-22-21-19(6-5-11-24-21)27-23(28-22)25-13-16-8-10-18(30-3)12-20(16)31-4;1-14(2,21)6-5-9(8-20)17-12-11-10(4-3-7-16-11)18-13(15)19-12;3-2(4,5)1-6/h5-6,8,10-12,17,29H,1,7,9,13-14H2,2-4H3,(H2,25,26,27,28);3-4,7,9,20-21H,5-6,8H2,1-2H3,(H3,15,17,18,19);1H/t17-;9-;/m11./s1. The van der Waals surface area contributed by atoms with E-state index in [4.69, 9.17) is 20.0 Å². The van der Waals surface area contributed by atoms with Crippen molar-refractivity contribution in [2.45, 2.75) is 76.9 Å². The van der Waals surface area contributed by atoms with Gasteiger partial charge >= 0.3 is 6.18 Å². The van der Waals surface area contributed by atoms with E-state index < -0.39 is 18.1 Å². The van der Waals surface area contributed by atoms with Crippen LogP contribution in [0.15, 0.2) is 67.0 Å². The third-order valence-electron chi connectivity index (χ3n) is 8.14. The second-order valence-corrected chi connectivity index (χ2v) is 13.7. The molecule has 19 heteroatoms. The van der Waals surface area contributed by atoms with Gasteiger partial charge in [0, 0.05) is 30.6 Å². The topological polar surface area (TPSA) is 236 Å². The third-order valence-corrected chi connectivity index (χ3v) is 8.14. The van der Waals surface area contributed by atoms with Gasteiger partial charge in [-0.15, -0.1) is 6.58 Å². The van der Waals surface area contributed by atoms with E-state index in [0.29, 0.717) is 64.8 Å². The SMILES string of the molecule is C=C(C)CC[C@H](CO)Nc1nc(NCc2ccc(OC)cc2OC)nc2cccnc12.CC(C)(O)CC[C@H](CO)Nc1nc(N)nc2cccnc12.O=CC(F)(F)F. The average molecular weight is 813 g/mol. The first-order valence-electron chi connectivity index (χ1n) is 18.1. The predicted molar refractivity (Wildman–Crippen MR) is 217 cm³/mol. The molecule has 0 saturated carbocycles. The lowest BCUT2D eigenvalue weighted by molar-refractivity contribution is -0.156. The maximum atomic E-state index is 10.4. The fraction of sp³-hybridized carbons (Fsp3) is 0.410. The number of aliphatic hydroxyl groups excluding tert-OH is 2. The van der Waals surface area contributed by atoms with Crippen LogP contribution in [0.5, 0.6) is 11.5 Å². The van der Waals surface area contributed by atoms with Gasteiger partial charge < -0.3 is 46.5 Å². The van der Waals surface area contributed by atoms with Crippen LogP contribution in [0.4, 0.5) is 36.7 Å². The Morgan fingerprint density at radius 3 is 1.98 bits per heavy atom. The summed E-state index contributed by atoms with van der Waals surface area (Å²) in [6.45, 7) is 9.77. The second kappa shape index (κ2) is 22.1. The van der Waals surface area contributed by atoms with E-state index in [1.807, 2.05) is 37.3 Å². The number of methoxy groups -OCH3 is 2. The number of nitrogens with one attached hydrogen (secondary N) is 3. The predicted octanol–water partition coefficient (Wildman–Crippen LogP) is 5.46. The van der Waals surface area contributed by atoms with Gasteiger partial charge in [-0.05, 0) is 82.9 Å². The molecule has 0 saturated heterocycles. The van der Waals surface area contributed by atoms with E-state index >= 15 is 0 Å². The van der Waals surface area contributed by atoms with Crippen LogP contribution in [0, 0.1) is 0 Å². The summed E-state index contributed by atoms with van der Waals surface area (Å²) in [6, 6.07) is 12.5. The number of alkyl halides is 3. The Bertz CT molecular complexity index is 2080. The molecule has 5 rings (SSSR count). The molecule has 4 aromatic heterocycles. The number of ether oxygens (including phenoxy) is 2. The summed E-state index contributed by atoms with van der Waals surface area (Å²) in [4.78, 5) is 34.8. The number of hydrogen-bond acceptors (Lipinski definition) is 16. The van der Waals surface area contributed by atoms with E-state index in [9.17, 15) is 28.5 Å². The first-order chi connectivity index (χ1) is 27.5. The summed E-state index contributed by atoms with van der Waals surface area (Å²) in [5.41, 5.74) is 9.55. The Labute approximate surface area is 334 Å². The first-order valence-corrected chi connectivity index (χ1v) is 18.1. The molecule has 0 radical (unpaired) electrons. The Morgan fingerprint density at radius 2 is 1.47 bits per heavy atom. The van der Waals surface area contributed by atoms with Crippen LogP contribution < -0.4 is 31.2 Å². The van der Waals surface area contributed by atoms with Crippen LogP contribution in [0.3, 0.4) is 0 Å². The molecule has 0 unspecified atom stereocenters. The lowest BCUT2D eigenvalue weighted by Crippen LogP contribution is -2.29. The summed E-state index contributed by atoms with van der Waals surface area (Å²) in [7, 11) is 3.24. The number of aliphatic hydroxyl groups is 3. The fourth-order valence-electron chi connectivity index (χ4n) is 5.16. The molecule has 0 spiro atoms. The van der Waals surface area contributed by atoms with Crippen molar-refractivity contribution in [3.05, 3.63) is 72.6 Å². The van der Waals surface area contributed by atoms with Crippen molar-refractivity contribution in [1.29, 1.82) is 0 Å². The highest BCUT2D eigenvalue weighted by Crippen LogP contribution is 2.27. The van der Waals surface area contributed by atoms with Crippen molar-refractivity contribution in [2.24, 2.45) is 0 Å². The van der Waals surface area contributed by atoms with Crippen molar-refractivity contribution in [3.63, 3.8) is 0 Å². The number of benzene rings is 1. The highest BCUT2D eigenvalue weighted by Gasteiger charge is 2.25. The van der Waals surface area contributed by atoms with Crippen LogP contribution in [-0.4, -0.2) is 103 Å². The van der Waals surface area contributed by atoms with Gasteiger partial charge in [0.2, 0.25) is 18.2 Å². The molecule has 2 atom stereocenters. The Balaban J connectivity index is 0.000000287. The van der Waals surface area contributed by atoms with Gasteiger partial charge in [0.25, 0.3) is 0 Å². The van der Waals surface area contributed by atoms with Crippen LogP contribution in [0.1, 0.15) is 52.0 Å². The minimum atomic E-state index is -4.64. The number of nitrogens with two attached hydrogens (primary N) is 1. The van der Waals surface area contributed by atoms with Crippen LogP contribution >= 0.6 is 0 Å². The van der Waals surface area contributed by atoms with E-state index in [1.54, 1.807) is 52.6 Å². The number of halogens is 3. The third kappa shape index (κ3) is 15.5. The largest absolute Gasteiger partial charge is 0.497 e. The minimum absolute atomic E-state index is 0.0164. The summed E-state index contributed by atoms with van der Waals surface area (Å²) in [5, 5.41) is 38.8. The van der Waals surface area contributed by atoms with Gasteiger partial charge in [0.15, 0.2) is 11.6 Å². The lowest BCUT2D eigenvalue weighted by Gasteiger charge is -2.22. The van der Waals surface area contributed by atoms with Gasteiger partial charge in [-0.25, -0.2) is 9.97 Å². The molecule has 0 bridgehead atoms. The molecule has 16 nitrogen and oxygen atoms in total. The molecule has 58 heavy (non-hydrogen) atoms. The quantitative estimate of drug-likeness (QED) is 0.0456. The van der Waals surface area contributed by atoms with Gasteiger partial charge in [0.1, 0.15) is 22.5 Å². The Kier molecular flexibility index (Phi) is 17.7. The summed E-state index contributed by atoms with van der Waals surface area (Å²) in [5.74, 6) is 3.12. The summed E-state index contributed by atoms with van der Waals surface area (Å²) < 4.78 is 42.0. The van der Waals surface area contributed by atoms with Gasteiger partial charge in [-0.2, -0.15) is 23.1 Å². The number of rotatable bonds is 17. The highest BCUT2D eigenvalue weighted by molar-refractivity contribution is 5.87. The summed E-state index contributed by atoms with van der Waals surface area (Å²) in [6.07, 6.45) is 0.362. The van der Waals surface area contributed by atoms with E-state index in [0.717, 1.165) is 29.7 Å². The van der Waals surface area contributed by atoms with Gasteiger partial charge in [-0.1, -0.05) is 5.57 Å². The monoisotopic (exact) mass is 812 g/mol. The molecule has 1 aromatic carbocycles.